The van der Waals surface area contributed by atoms with Crippen LogP contribution in [-0.2, 0) is 9.59 Å². The van der Waals surface area contributed by atoms with Gasteiger partial charge in [0.15, 0.2) is 0 Å². The standard InChI is InChI=1S/C7H8O4/c8-4(9)6-1-2-7(6,3-6)5(10)11/h1-3H2,(H,8,9)(H,10,11)/t6-,7+. The molecule has 2 aliphatic rings. The van der Waals surface area contributed by atoms with Crippen LogP contribution in [-0.4, -0.2) is 22.2 Å². The van der Waals surface area contributed by atoms with Crippen LogP contribution in [0.15, 0.2) is 0 Å². The summed E-state index contributed by atoms with van der Waals surface area (Å²) in [4.78, 5) is 21.2. The van der Waals surface area contributed by atoms with Gasteiger partial charge in [-0.1, -0.05) is 0 Å². The van der Waals surface area contributed by atoms with Gasteiger partial charge in [0.1, 0.15) is 0 Å². The maximum atomic E-state index is 10.6. The molecule has 4 nitrogen and oxygen atoms in total. The van der Waals surface area contributed by atoms with E-state index in [-0.39, 0.29) is 0 Å². The van der Waals surface area contributed by atoms with Gasteiger partial charge in [0, 0.05) is 0 Å². The Hall–Kier alpha value is -1.06. The number of hydrogen-bond acceptors (Lipinski definition) is 2. The minimum atomic E-state index is -0.939. The first kappa shape index (κ1) is 6.64. The Morgan fingerprint density at radius 1 is 1.00 bits per heavy atom. The number of carboxylic acids is 2. The molecule has 2 rings (SSSR count). The molecule has 0 aromatic carbocycles. The lowest BCUT2D eigenvalue weighted by Gasteiger charge is -2.28. The third kappa shape index (κ3) is 0.450. The molecule has 2 aliphatic carbocycles. The van der Waals surface area contributed by atoms with Gasteiger partial charge in [-0.25, -0.2) is 0 Å². The molecule has 0 saturated heterocycles. The van der Waals surface area contributed by atoms with Gasteiger partial charge in [0.25, 0.3) is 0 Å². The zero-order valence-corrected chi connectivity index (χ0v) is 5.83. The van der Waals surface area contributed by atoms with Crippen LogP contribution in [0.4, 0.5) is 0 Å². The molecule has 2 N–H and O–H groups in total. The topological polar surface area (TPSA) is 74.6 Å². The molecule has 0 spiro atoms. The molecule has 2 saturated carbocycles. The van der Waals surface area contributed by atoms with E-state index < -0.39 is 22.8 Å². The van der Waals surface area contributed by atoms with Gasteiger partial charge in [-0.2, -0.15) is 0 Å². The fourth-order valence-corrected chi connectivity index (χ4v) is 2.15. The number of carboxylic acid groups (broad SMARTS) is 2. The molecule has 0 heterocycles. The van der Waals surface area contributed by atoms with Crippen LogP contribution >= 0.6 is 0 Å². The van der Waals surface area contributed by atoms with Crippen molar-refractivity contribution in [3.8, 4) is 0 Å². The van der Waals surface area contributed by atoms with Crippen LogP contribution < -0.4 is 0 Å². The maximum absolute atomic E-state index is 10.6. The van der Waals surface area contributed by atoms with Gasteiger partial charge in [0.2, 0.25) is 0 Å². The van der Waals surface area contributed by atoms with Crippen molar-refractivity contribution in [2.45, 2.75) is 19.3 Å². The summed E-state index contributed by atoms with van der Waals surface area (Å²) in [5.74, 6) is -1.88. The van der Waals surface area contributed by atoms with Gasteiger partial charge in [-0.15, -0.1) is 0 Å². The highest BCUT2D eigenvalue weighted by Gasteiger charge is 2.82. The quantitative estimate of drug-likeness (QED) is 0.604. The lowest BCUT2D eigenvalue weighted by atomic mass is 9.74. The van der Waals surface area contributed by atoms with Gasteiger partial charge in [0.05, 0.1) is 10.8 Å². The lowest BCUT2D eigenvalue weighted by Crippen LogP contribution is -2.37. The summed E-state index contributed by atoms with van der Waals surface area (Å²) < 4.78 is 0. The molecule has 0 aromatic heterocycles. The Morgan fingerprint density at radius 3 is 1.45 bits per heavy atom. The van der Waals surface area contributed by atoms with E-state index in [0.717, 1.165) is 0 Å². The molecule has 0 amide bonds. The second-order valence-corrected chi connectivity index (χ2v) is 3.45. The molecule has 0 radical (unpaired) electrons. The SMILES string of the molecule is O=C(O)[C@@]12CC[C@]1(C(=O)O)C2. The Balaban J connectivity index is 2.27. The molecule has 4 heteroatoms. The average Bonchev–Trinajstić information content (AvgIpc) is 2.31. The minimum Gasteiger partial charge on any atom is -0.481 e. The summed E-state index contributed by atoms with van der Waals surface area (Å²) in [6.07, 6.45) is 1.41. The summed E-state index contributed by atoms with van der Waals surface area (Å²) in [5, 5.41) is 17.4. The number of carbonyl (C=O) groups is 2. The summed E-state index contributed by atoms with van der Waals surface area (Å²) in [5.41, 5.74) is -1.75. The Morgan fingerprint density at radius 2 is 1.36 bits per heavy atom. The lowest BCUT2D eigenvalue weighted by molar-refractivity contribution is -0.160. The fourth-order valence-electron chi connectivity index (χ4n) is 2.15. The zero-order chi connectivity index (χ0) is 8.28. The van der Waals surface area contributed by atoms with E-state index in [1.807, 2.05) is 0 Å². The molecule has 0 bridgehead atoms. The summed E-state index contributed by atoms with van der Waals surface area (Å²) in [6.45, 7) is 0. The third-order valence-corrected chi connectivity index (χ3v) is 3.19. The van der Waals surface area contributed by atoms with Crippen LogP contribution in [0.3, 0.4) is 0 Å². The molecule has 0 unspecified atom stereocenters. The van der Waals surface area contributed by atoms with Crippen LogP contribution in [0.2, 0.25) is 0 Å². The number of aliphatic carboxylic acids is 2. The summed E-state index contributed by atoms with van der Waals surface area (Å²) >= 11 is 0. The van der Waals surface area contributed by atoms with Crippen molar-refractivity contribution >= 4 is 11.9 Å². The largest absolute Gasteiger partial charge is 0.481 e. The highest BCUT2D eigenvalue weighted by Crippen LogP contribution is 2.77. The highest BCUT2D eigenvalue weighted by molar-refractivity contribution is 5.95. The van der Waals surface area contributed by atoms with Crippen molar-refractivity contribution in [3.05, 3.63) is 0 Å². The molecule has 2 atom stereocenters. The van der Waals surface area contributed by atoms with E-state index in [2.05, 4.69) is 0 Å². The molecule has 60 valence electrons. The molecule has 0 aliphatic heterocycles. The van der Waals surface area contributed by atoms with Crippen LogP contribution in [0.25, 0.3) is 0 Å². The average molecular weight is 156 g/mol. The minimum absolute atomic E-state index is 0.338. The number of fused-ring (bicyclic) bond motifs is 1. The Labute approximate surface area is 62.8 Å². The Bertz CT molecular complexity index is 233. The van der Waals surface area contributed by atoms with Gasteiger partial charge in [-0.05, 0) is 19.3 Å². The van der Waals surface area contributed by atoms with E-state index in [0.29, 0.717) is 19.3 Å². The zero-order valence-electron chi connectivity index (χ0n) is 5.83. The smallest absolute Gasteiger partial charge is 0.310 e. The number of hydrogen-bond donors (Lipinski definition) is 2. The second-order valence-electron chi connectivity index (χ2n) is 3.45. The van der Waals surface area contributed by atoms with E-state index in [4.69, 9.17) is 10.2 Å². The van der Waals surface area contributed by atoms with E-state index in [1.165, 1.54) is 0 Å². The summed E-state index contributed by atoms with van der Waals surface area (Å²) in [7, 11) is 0. The predicted octanol–water partition coefficient (Wildman–Crippen LogP) is 0.326. The summed E-state index contributed by atoms with van der Waals surface area (Å²) in [6, 6.07) is 0. The molecule has 2 fully saturated rings. The first-order chi connectivity index (χ1) is 5.05. The van der Waals surface area contributed by atoms with Crippen molar-refractivity contribution in [2.75, 3.05) is 0 Å². The van der Waals surface area contributed by atoms with Crippen molar-refractivity contribution in [3.63, 3.8) is 0 Å². The third-order valence-electron chi connectivity index (χ3n) is 3.19. The van der Waals surface area contributed by atoms with Crippen molar-refractivity contribution in [2.24, 2.45) is 10.8 Å². The normalized spacial score (nSPS) is 45.5. The van der Waals surface area contributed by atoms with Crippen LogP contribution in [0.5, 0.6) is 0 Å². The monoisotopic (exact) mass is 156 g/mol. The highest BCUT2D eigenvalue weighted by atomic mass is 16.4. The maximum Gasteiger partial charge on any atom is 0.310 e. The number of rotatable bonds is 2. The van der Waals surface area contributed by atoms with Crippen LogP contribution in [0, 0.1) is 10.8 Å². The molecular formula is C7H8O4. The Kier molecular flexibility index (Phi) is 0.855. The molecule has 11 heavy (non-hydrogen) atoms. The molecule has 0 aromatic rings. The van der Waals surface area contributed by atoms with Crippen molar-refractivity contribution in [1.82, 2.24) is 0 Å². The first-order valence-electron chi connectivity index (χ1n) is 3.52. The van der Waals surface area contributed by atoms with Crippen molar-refractivity contribution in [1.29, 1.82) is 0 Å². The van der Waals surface area contributed by atoms with Crippen LogP contribution in [0.1, 0.15) is 19.3 Å². The predicted molar refractivity (Wildman–Crippen MR) is 34.0 cm³/mol. The van der Waals surface area contributed by atoms with E-state index in [9.17, 15) is 9.59 Å². The molecular weight excluding hydrogens is 148 g/mol. The van der Waals surface area contributed by atoms with Gasteiger partial charge in [-0.3, -0.25) is 9.59 Å². The van der Waals surface area contributed by atoms with Crippen molar-refractivity contribution < 1.29 is 19.8 Å². The van der Waals surface area contributed by atoms with Gasteiger partial charge < -0.3 is 10.2 Å². The first-order valence-corrected chi connectivity index (χ1v) is 3.52. The second kappa shape index (κ2) is 1.42. The fraction of sp³-hybridized carbons (Fsp3) is 0.714. The van der Waals surface area contributed by atoms with Gasteiger partial charge >= 0.3 is 11.9 Å². The van der Waals surface area contributed by atoms with E-state index in [1.54, 1.807) is 0 Å². The van der Waals surface area contributed by atoms with E-state index >= 15 is 0 Å².